The zero-order valence-electron chi connectivity index (χ0n) is 21.0. The predicted molar refractivity (Wildman–Crippen MR) is 154 cm³/mol. The number of nitrogens with zero attached hydrogens (tertiary/aromatic N) is 3. The van der Waals surface area contributed by atoms with E-state index >= 15 is 0 Å². The van der Waals surface area contributed by atoms with Gasteiger partial charge < -0.3 is 15.8 Å². The van der Waals surface area contributed by atoms with Crippen LogP contribution in [-0.2, 0) is 4.79 Å². The third-order valence-electron chi connectivity index (χ3n) is 6.31. The molecule has 39 heavy (non-hydrogen) atoms. The highest BCUT2D eigenvalue weighted by Crippen LogP contribution is 2.38. The SMILES string of the molecule is CCC(C(=O)Nc1ccc2nc(N)ccc2c1)n1cc(OC)c(-c2cc(Cl)ccc2N2C=C(Cl)NN2)cc1=O. The van der Waals surface area contributed by atoms with Crippen molar-refractivity contribution in [2.45, 2.75) is 19.4 Å². The summed E-state index contributed by atoms with van der Waals surface area (Å²) in [5.41, 5.74) is 14.2. The van der Waals surface area contributed by atoms with Crippen LogP contribution >= 0.6 is 23.2 Å². The molecule has 12 heteroatoms. The lowest BCUT2D eigenvalue weighted by Crippen LogP contribution is -2.36. The number of anilines is 3. The van der Waals surface area contributed by atoms with Gasteiger partial charge in [-0.3, -0.25) is 24.6 Å². The van der Waals surface area contributed by atoms with E-state index in [4.69, 9.17) is 33.7 Å². The molecular weight excluding hydrogens is 541 g/mol. The summed E-state index contributed by atoms with van der Waals surface area (Å²) < 4.78 is 7.05. The lowest BCUT2D eigenvalue weighted by molar-refractivity contribution is -0.119. The summed E-state index contributed by atoms with van der Waals surface area (Å²) in [5.74, 6) is 0.467. The first-order chi connectivity index (χ1) is 18.8. The first kappa shape index (κ1) is 26.4. The molecule has 0 radical (unpaired) electrons. The van der Waals surface area contributed by atoms with Crippen LogP contribution in [0.1, 0.15) is 19.4 Å². The molecule has 2 aromatic carbocycles. The first-order valence-corrected chi connectivity index (χ1v) is 12.8. The van der Waals surface area contributed by atoms with Crippen LogP contribution in [0.5, 0.6) is 5.75 Å². The van der Waals surface area contributed by atoms with Crippen molar-refractivity contribution in [1.82, 2.24) is 20.5 Å². The average Bonchev–Trinajstić information content (AvgIpc) is 3.35. The molecule has 2 aromatic heterocycles. The lowest BCUT2D eigenvalue weighted by atomic mass is 10.0. The molecule has 0 spiro atoms. The van der Waals surface area contributed by atoms with Crippen LogP contribution in [-0.4, -0.2) is 22.6 Å². The van der Waals surface area contributed by atoms with Gasteiger partial charge in [-0.1, -0.05) is 30.1 Å². The van der Waals surface area contributed by atoms with Gasteiger partial charge in [0.1, 0.15) is 22.8 Å². The molecule has 1 aliphatic heterocycles. The van der Waals surface area contributed by atoms with Crippen molar-refractivity contribution in [2.75, 3.05) is 23.2 Å². The maximum Gasteiger partial charge on any atom is 0.252 e. The van der Waals surface area contributed by atoms with Crippen molar-refractivity contribution in [3.8, 4) is 16.9 Å². The van der Waals surface area contributed by atoms with Crippen LogP contribution < -0.4 is 37.3 Å². The van der Waals surface area contributed by atoms with E-state index in [0.29, 0.717) is 50.7 Å². The second-order valence-corrected chi connectivity index (χ2v) is 9.65. The molecule has 0 fully saturated rings. The summed E-state index contributed by atoms with van der Waals surface area (Å²) in [7, 11) is 1.50. The number of nitrogens with one attached hydrogen (secondary N) is 3. The number of carbonyl (C=O) groups excluding carboxylic acids is 1. The number of nitrogens with two attached hydrogens (primary N) is 1. The number of halogens is 2. The van der Waals surface area contributed by atoms with E-state index in [1.807, 2.05) is 19.1 Å². The molecule has 0 bridgehead atoms. The molecule has 3 heterocycles. The summed E-state index contributed by atoms with van der Waals surface area (Å²) in [5, 5.41) is 6.26. The molecule has 1 aliphatic rings. The normalized spacial score (nSPS) is 13.6. The number of hydrogen-bond acceptors (Lipinski definition) is 8. The summed E-state index contributed by atoms with van der Waals surface area (Å²) in [6.45, 7) is 1.83. The Bertz CT molecular complexity index is 1670. The molecule has 5 N–H and O–H groups in total. The topological polar surface area (TPSA) is 127 Å². The van der Waals surface area contributed by atoms with Crippen molar-refractivity contribution < 1.29 is 9.53 Å². The number of aromatic nitrogens is 2. The van der Waals surface area contributed by atoms with E-state index in [1.54, 1.807) is 53.8 Å². The van der Waals surface area contributed by atoms with Crippen molar-refractivity contribution >= 4 is 57.2 Å². The standard InChI is InChI=1S/C27H25Cl2N7O3/c1-3-21(27(38)31-17-6-7-20-15(10-17)4-9-25(30)32-20)35-13-23(39-2)19(12-26(35)37)18-11-16(28)5-8-22(18)36-14-24(29)33-34-36/h4-14,21,33-34H,3H2,1-2H3,(H2,30,32)(H,31,38). The summed E-state index contributed by atoms with van der Waals surface area (Å²) >= 11 is 12.4. The zero-order chi connectivity index (χ0) is 27.7. The number of pyridine rings is 2. The van der Waals surface area contributed by atoms with Crippen molar-refractivity contribution in [3.05, 3.63) is 87.5 Å². The number of nitrogen functional groups attached to an aromatic ring is 1. The molecular formula is C27H25Cl2N7O3. The lowest BCUT2D eigenvalue weighted by Gasteiger charge is -2.23. The molecule has 0 saturated carbocycles. The Morgan fingerprint density at radius 3 is 2.67 bits per heavy atom. The Hall–Kier alpha value is -4.25. The minimum Gasteiger partial charge on any atom is -0.495 e. The number of ether oxygens (including phenoxy) is 1. The van der Waals surface area contributed by atoms with Crippen LogP contribution in [0, 0.1) is 0 Å². The smallest absolute Gasteiger partial charge is 0.252 e. The van der Waals surface area contributed by atoms with Gasteiger partial charge in [-0.15, -0.1) is 5.53 Å². The van der Waals surface area contributed by atoms with Gasteiger partial charge in [0, 0.05) is 33.3 Å². The Kier molecular flexibility index (Phi) is 7.34. The molecule has 1 amide bonds. The van der Waals surface area contributed by atoms with Gasteiger partial charge in [-0.25, -0.2) is 4.98 Å². The maximum absolute atomic E-state index is 13.4. The molecule has 5 rings (SSSR count). The number of benzene rings is 2. The van der Waals surface area contributed by atoms with Gasteiger partial charge >= 0.3 is 0 Å². The van der Waals surface area contributed by atoms with Crippen LogP contribution in [0.2, 0.25) is 5.02 Å². The molecule has 4 aromatic rings. The van der Waals surface area contributed by atoms with Crippen molar-refractivity contribution in [1.29, 1.82) is 0 Å². The van der Waals surface area contributed by atoms with Crippen molar-refractivity contribution in [3.63, 3.8) is 0 Å². The summed E-state index contributed by atoms with van der Waals surface area (Å²) in [4.78, 5) is 31.0. The van der Waals surface area contributed by atoms with Crippen LogP contribution in [0.25, 0.3) is 22.0 Å². The van der Waals surface area contributed by atoms with E-state index < -0.39 is 6.04 Å². The molecule has 1 atom stereocenters. The van der Waals surface area contributed by atoms with E-state index in [-0.39, 0.29) is 11.5 Å². The second-order valence-electron chi connectivity index (χ2n) is 8.80. The maximum atomic E-state index is 13.4. The molecule has 10 nitrogen and oxygen atoms in total. The largest absolute Gasteiger partial charge is 0.495 e. The fraction of sp³-hybridized carbons (Fsp3) is 0.148. The van der Waals surface area contributed by atoms with E-state index in [1.165, 1.54) is 17.7 Å². The highest BCUT2D eigenvalue weighted by molar-refractivity contribution is 6.31. The highest BCUT2D eigenvalue weighted by atomic mass is 35.5. The third-order valence-corrected chi connectivity index (χ3v) is 6.74. The van der Waals surface area contributed by atoms with Crippen LogP contribution in [0.4, 0.5) is 17.2 Å². The third kappa shape index (κ3) is 5.35. The first-order valence-electron chi connectivity index (χ1n) is 12.0. The number of amides is 1. The summed E-state index contributed by atoms with van der Waals surface area (Å²) in [6.07, 6.45) is 3.56. The number of hydrogen-bond donors (Lipinski definition) is 4. The average molecular weight is 566 g/mol. The van der Waals surface area contributed by atoms with E-state index in [9.17, 15) is 9.59 Å². The molecule has 0 aliphatic carbocycles. The van der Waals surface area contributed by atoms with Gasteiger partial charge in [0.2, 0.25) is 5.91 Å². The van der Waals surface area contributed by atoms with Gasteiger partial charge in [0.05, 0.1) is 30.7 Å². The number of methoxy groups -OCH3 is 1. The predicted octanol–water partition coefficient (Wildman–Crippen LogP) is 4.76. The fourth-order valence-corrected chi connectivity index (χ4v) is 4.77. The Balaban J connectivity index is 1.49. The summed E-state index contributed by atoms with van der Waals surface area (Å²) in [6, 6.07) is 14.8. The fourth-order valence-electron chi connectivity index (χ4n) is 4.45. The van der Waals surface area contributed by atoms with Gasteiger partial charge in [-0.2, -0.15) is 0 Å². The molecule has 1 unspecified atom stereocenters. The van der Waals surface area contributed by atoms with Gasteiger partial charge in [-0.05, 0) is 55.0 Å². The Morgan fingerprint density at radius 2 is 1.95 bits per heavy atom. The van der Waals surface area contributed by atoms with Crippen molar-refractivity contribution in [2.24, 2.45) is 0 Å². The van der Waals surface area contributed by atoms with Crippen LogP contribution in [0.3, 0.4) is 0 Å². The van der Waals surface area contributed by atoms with Gasteiger partial charge in [0.15, 0.2) is 0 Å². The molecule has 200 valence electrons. The minimum atomic E-state index is -0.786. The Morgan fingerprint density at radius 1 is 1.13 bits per heavy atom. The second kappa shape index (κ2) is 10.9. The number of rotatable bonds is 7. The Labute approximate surface area is 233 Å². The monoisotopic (exact) mass is 565 g/mol. The number of carbonyl (C=O) groups is 1. The van der Waals surface area contributed by atoms with Gasteiger partial charge in [0.25, 0.3) is 5.56 Å². The quantitative estimate of drug-likeness (QED) is 0.236. The zero-order valence-corrected chi connectivity index (χ0v) is 22.5. The number of hydrazine groups is 2. The molecule has 0 saturated heterocycles. The number of fused-ring (bicyclic) bond motifs is 1. The van der Waals surface area contributed by atoms with E-state index in [2.05, 4.69) is 21.3 Å². The minimum absolute atomic E-state index is 0.340. The highest BCUT2D eigenvalue weighted by Gasteiger charge is 2.24. The van der Waals surface area contributed by atoms with E-state index in [0.717, 1.165) is 10.9 Å². The van der Waals surface area contributed by atoms with Crippen LogP contribution in [0.15, 0.2) is 76.9 Å².